The molecular formula is C12H22N2O. The molecule has 0 spiro atoms. The van der Waals surface area contributed by atoms with Gasteiger partial charge in [-0.15, -0.1) is 0 Å². The van der Waals surface area contributed by atoms with Gasteiger partial charge in [0.15, 0.2) is 0 Å². The first-order valence-corrected chi connectivity index (χ1v) is 5.75. The fourth-order valence-corrected chi connectivity index (χ4v) is 1.58. The van der Waals surface area contributed by atoms with E-state index in [9.17, 15) is 0 Å². The first-order chi connectivity index (χ1) is 7.26. The Labute approximate surface area is 92.1 Å². The molecule has 0 radical (unpaired) electrons. The molecule has 0 aliphatic carbocycles. The molecule has 0 bridgehead atoms. The van der Waals surface area contributed by atoms with Gasteiger partial charge in [-0.3, -0.25) is 0 Å². The van der Waals surface area contributed by atoms with Crippen LogP contribution in [0.25, 0.3) is 0 Å². The molecule has 1 aromatic rings. The van der Waals surface area contributed by atoms with Crippen molar-refractivity contribution in [1.82, 2.24) is 9.88 Å². The Balaban J connectivity index is 2.24. The smallest absolute Gasteiger partial charge is 0.0431 e. The first-order valence-electron chi connectivity index (χ1n) is 5.75. The van der Waals surface area contributed by atoms with Crippen LogP contribution in [0.3, 0.4) is 0 Å². The van der Waals surface area contributed by atoms with Crippen molar-refractivity contribution in [2.24, 2.45) is 0 Å². The van der Waals surface area contributed by atoms with E-state index in [0.717, 1.165) is 25.9 Å². The summed E-state index contributed by atoms with van der Waals surface area (Å²) >= 11 is 0. The summed E-state index contributed by atoms with van der Waals surface area (Å²) in [5.74, 6) is 0. The molecule has 0 saturated carbocycles. The fraction of sp³-hybridized carbons (Fsp3) is 0.667. The van der Waals surface area contributed by atoms with Gasteiger partial charge in [0.25, 0.3) is 0 Å². The first kappa shape index (κ1) is 12.3. The molecule has 0 aromatic carbocycles. The number of aryl methyl sites for hydroxylation is 1. The highest BCUT2D eigenvalue weighted by atomic mass is 16.2. The predicted molar refractivity (Wildman–Crippen MR) is 62.7 cm³/mol. The van der Waals surface area contributed by atoms with E-state index in [1.54, 1.807) is 0 Å². The lowest BCUT2D eigenvalue weighted by Crippen LogP contribution is -2.25. The van der Waals surface area contributed by atoms with Crippen molar-refractivity contribution in [2.45, 2.75) is 45.8 Å². The quantitative estimate of drug-likeness (QED) is 0.719. The largest absolute Gasteiger partial charge is 0.396 e. The van der Waals surface area contributed by atoms with Gasteiger partial charge in [0, 0.05) is 38.1 Å². The van der Waals surface area contributed by atoms with E-state index in [2.05, 4.69) is 42.2 Å². The molecule has 1 rings (SSSR count). The summed E-state index contributed by atoms with van der Waals surface area (Å²) in [6, 6.07) is 2.62. The van der Waals surface area contributed by atoms with Crippen LogP contribution in [0.15, 0.2) is 18.5 Å². The second-order valence-electron chi connectivity index (χ2n) is 4.00. The maximum Gasteiger partial charge on any atom is 0.0431 e. The Hall–Kier alpha value is -0.800. The zero-order valence-electron chi connectivity index (χ0n) is 9.74. The van der Waals surface area contributed by atoms with Crippen molar-refractivity contribution in [3.8, 4) is 0 Å². The average Bonchev–Trinajstić information content (AvgIpc) is 2.71. The summed E-state index contributed by atoms with van der Waals surface area (Å²) in [5.41, 5.74) is 1.33. The van der Waals surface area contributed by atoms with Crippen molar-refractivity contribution in [3.05, 3.63) is 24.0 Å². The van der Waals surface area contributed by atoms with Crippen molar-refractivity contribution in [1.29, 1.82) is 0 Å². The lowest BCUT2D eigenvalue weighted by atomic mass is 10.2. The number of aliphatic hydroxyl groups excluding tert-OH is 1. The highest BCUT2D eigenvalue weighted by Crippen LogP contribution is 2.02. The normalized spacial score (nSPS) is 13.0. The van der Waals surface area contributed by atoms with E-state index in [0.29, 0.717) is 6.04 Å². The summed E-state index contributed by atoms with van der Waals surface area (Å²) in [7, 11) is 0. The van der Waals surface area contributed by atoms with E-state index in [4.69, 9.17) is 5.11 Å². The van der Waals surface area contributed by atoms with Crippen LogP contribution in [0.2, 0.25) is 0 Å². The van der Waals surface area contributed by atoms with Gasteiger partial charge in [-0.05, 0) is 38.3 Å². The average molecular weight is 210 g/mol. The molecule has 15 heavy (non-hydrogen) atoms. The molecule has 3 heteroatoms. The van der Waals surface area contributed by atoms with Crippen molar-refractivity contribution < 1.29 is 5.11 Å². The number of hydrogen-bond donors (Lipinski definition) is 2. The van der Waals surface area contributed by atoms with E-state index in [1.807, 2.05) is 0 Å². The van der Waals surface area contributed by atoms with Crippen LogP contribution in [0.5, 0.6) is 0 Å². The maximum absolute atomic E-state index is 8.70. The van der Waals surface area contributed by atoms with Crippen LogP contribution in [-0.2, 0) is 13.1 Å². The molecule has 0 aliphatic rings. The summed E-state index contributed by atoms with van der Waals surface area (Å²) in [5, 5.41) is 12.2. The third kappa shape index (κ3) is 4.49. The maximum atomic E-state index is 8.70. The molecule has 1 heterocycles. The lowest BCUT2D eigenvalue weighted by molar-refractivity contribution is 0.276. The summed E-state index contributed by atoms with van der Waals surface area (Å²) in [6.07, 6.45) is 6.19. The highest BCUT2D eigenvalue weighted by Gasteiger charge is 2.01. The van der Waals surface area contributed by atoms with Gasteiger partial charge in [-0.25, -0.2) is 0 Å². The fourth-order valence-electron chi connectivity index (χ4n) is 1.58. The Kier molecular flexibility index (Phi) is 5.43. The molecular weight excluding hydrogens is 188 g/mol. The summed E-state index contributed by atoms with van der Waals surface area (Å²) in [6.45, 7) is 6.53. The lowest BCUT2D eigenvalue weighted by Gasteiger charge is -2.11. The van der Waals surface area contributed by atoms with Gasteiger partial charge < -0.3 is 15.0 Å². The van der Waals surface area contributed by atoms with Gasteiger partial charge in [0.05, 0.1) is 0 Å². The van der Waals surface area contributed by atoms with Crippen LogP contribution in [0.1, 0.15) is 32.3 Å². The monoisotopic (exact) mass is 210 g/mol. The molecule has 0 fully saturated rings. The molecule has 2 N–H and O–H groups in total. The summed E-state index contributed by atoms with van der Waals surface area (Å²) < 4.78 is 2.18. The number of nitrogens with one attached hydrogen (secondary N) is 1. The molecule has 1 unspecified atom stereocenters. The molecule has 1 atom stereocenters. The number of aromatic nitrogens is 1. The molecule has 0 amide bonds. The standard InChI is InChI=1S/C12H22N2O/c1-3-14-7-6-12(10-14)9-13-11(2)5-4-8-15/h6-7,10-11,13,15H,3-5,8-9H2,1-2H3. The second-order valence-corrected chi connectivity index (χ2v) is 4.00. The highest BCUT2D eigenvalue weighted by molar-refractivity contribution is 5.09. The molecule has 86 valence electrons. The molecule has 0 saturated heterocycles. The SMILES string of the molecule is CCn1ccc(CNC(C)CCCO)c1. The van der Waals surface area contributed by atoms with Crippen LogP contribution in [0.4, 0.5) is 0 Å². The minimum Gasteiger partial charge on any atom is -0.396 e. The third-order valence-corrected chi connectivity index (χ3v) is 2.63. The topological polar surface area (TPSA) is 37.2 Å². The number of hydrogen-bond acceptors (Lipinski definition) is 2. The van der Waals surface area contributed by atoms with Crippen LogP contribution < -0.4 is 5.32 Å². The van der Waals surface area contributed by atoms with E-state index in [-0.39, 0.29) is 6.61 Å². The molecule has 0 aliphatic heterocycles. The Bertz CT molecular complexity index is 270. The van der Waals surface area contributed by atoms with E-state index in [1.165, 1.54) is 5.56 Å². The van der Waals surface area contributed by atoms with Crippen molar-refractivity contribution >= 4 is 0 Å². The third-order valence-electron chi connectivity index (χ3n) is 2.63. The minimum absolute atomic E-state index is 0.290. The number of rotatable bonds is 7. The number of aliphatic hydroxyl groups is 1. The van der Waals surface area contributed by atoms with Gasteiger partial charge in [0.1, 0.15) is 0 Å². The Morgan fingerprint density at radius 3 is 2.93 bits per heavy atom. The molecule has 1 aromatic heterocycles. The van der Waals surface area contributed by atoms with Gasteiger partial charge in [-0.1, -0.05) is 0 Å². The number of nitrogens with zero attached hydrogens (tertiary/aromatic N) is 1. The van der Waals surface area contributed by atoms with Gasteiger partial charge in [-0.2, -0.15) is 0 Å². The van der Waals surface area contributed by atoms with Gasteiger partial charge >= 0.3 is 0 Å². The van der Waals surface area contributed by atoms with E-state index >= 15 is 0 Å². The van der Waals surface area contributed by atoms with Crippen LogP contribution in [0, 0.1) is 0 Å². The van der Waals surface area contributed by atoms with Crippen LogP contribution in [-0.4, -0.2) is 22.3 Å². The second kappa shape index (κ2) is 6.64. The Morgan fingerprint density at radius 2 is 2.33 bits per heavy atom. The summed E-state index contributed by atoms with van der Waals surface area (Å²) in [4.78, 5) is 0. The zero-order valence-corrected chi connectivity index (χ0v) is 9.74. The minimum atomic E-state index is 0.290. The molecule has 3 nitrogen and oxygen atoms in total. The van der Waals surface area contributed by atoms with Gasteiger partial charge in [0.2, 0.25) is 0 Å². The zero-order chi connectivity index (χ0) is 11.1. The van der Waals surface area contributed by atoms with E-state index < -0.39 is 0 Å². The van der Waals surface area contributed by atoms with Crippen LogP contribution >= 0.6 is 0 Å². The van der Waals surface area contributed by atoms with Crippen molar-refractivity contribution in [2.75, 3.05) is 6.61 Å². The Morgan fingerprint density at radius 1 is 1.53 bits per heavy atom. The predicted octanol–water partition coefficient (Wildman–Crippen LogP) is 1.76. The van der Waals surface area contributed by atoms with Crippen molar-refractivity contribution in [3.63, 3.8) is 0 Å².